The highest BCUT2D eigenvalue weighted by molar-refractivity contribution is 7.10. The number of hydrogen-bond donors (Lipinski definition) is 1. The summed E-state index contributed by atoms with van der Waals surface area (Å²) in [5, 5.41) is 5.19. The first-order valence-electron chi connectivity index (χ1n) is 10.4. The Labute approximate surface area is 187 Å². The molecule has 1 aliphatic rings. The van der Waals surface area contributed by atoms with Crippen molar-refractivity contribution in [3.05, 3.63) is 75.0 Å². The molecule has 0 saturated carbocycles. The van der Waals surface area contributed by atoms with Crippen LogP contribution in [0.15, 0.2) is 47.8 Å². The number of carbonyl (C=O) groups is 1. The molecule has 1 amide bonds. The van der Waals surface area contributed by atoms with Gasteiger partial charge >= 0.3 is 0 Å². The van der Waals surface area contributed by atoms with Gasteiger partial charge in [0.15, 0.2) is 11.5 Å². The number of carbonyl (C=O) groups excluding carboxylic acids is 1. The number of aryl methyl sites for hydroxylation is 2. The van der Waals surface area contributed by atoms with Crippen LogP contribution in [0.4, 0.5) is 5.69 Å². The smallest absolute Gasteiger partial charge is 0.238 e. The minimum Gasteiger partial charge on any atom is -0.493 e. The number of methoxy groups -OCH3 is 2. The maximum atomic E-state index is 13.0. The highest BCUT2D eigenvalue weighted by atomic mass is 32.1. The SMILES string of the molecule is COc1cc2c(cc1OC)[C@H](c1cccs1)N(CC(=O)Nc1cc(C)ccc1C)CC2. The van der Waals surface area contributed by atoms with Gasteiger partial charge in [0.1, 0.15) is 0 Å². The summed E-state index contributed by atoms with van der Waals surface area (Å²) in [6.07, 6.45) is 0.855. The first kappa shape index (κ1) is 21.4. The molecule has 6 heteroatoms. The van der Waals surface area contributed by atoms with Gasteiger partial charge in [-0.1, -0.05) is 18.2 Å². The van der Waals surface area contributed by atoms with E-state index in [1.54, 1.807) is 25.6 Å². The maximum absolute atomic E-state index is 13.0. The highest BCUT2D eigenvalue weighted by Gasteiger charge is 2.32. The van der Waals surface area contributed by atoms with Crippen molar-refractivity contribution in [3.8, 4) is 11.5 Å². The summed E-state index contributed by atoms with van der Waals surface area (Å²) in [6.45, 7) is 5.17. The van der Waals surface area contributed by atoms with Gasteiger partial charge in [-0.05, 0) is 72.2 Å². The Morgan fingerprint density at radius 1 is 1.13 bits per heavy atom. The number of nitrogens with one attached hydrogen (secondary N) is 1. The number of hydrogen-bond acceptors (Lipinski definition) is 5. The molecule has 0 radical (unpaired) electrons. The van der Waals surface area contributed by atoms with Crippen LogP contribution in [-0.2, 0) is 11.2 Å². The second kappa shape index (κ2) is 9.12. The topological polar surface area (TPSA) is 50.8 Å². The van der Waals surface area contributed by atoms with Crippen molar-refractivity contribution in [3.63, 3.8) is 0 Å². The number of amides is 1. The molecule has 1 aromatic heterocycles. The Kier molecular flexibility index (Phi) is 6.30. The van der Waals surface area contributed by atoms with Crippen LogP contribution in [0, 0.1) is 13.8 Å². The molecule has 0 spiro atoms. The van der Waals surface area contributed by atoms with Crippen LogP contribution in [0.1, 0.15) is 33.2 Å². The van der Waals surface area contributed by atoms with Crippen LogP contribution in [0.5, 0.6) is 11.5 Å². The van der Waals surface area contributed by atoms with Crippen molar-refractivity contribution >= 4 is 22.9 Å². The zero-order valence-corrected chi connectivity index (χ0v) is 19.2. The minimum absolute atomic E-state index is 0.000757. The molecule has 0 fully saturated rings. The molecular formula is C25H28N2O3S. The fourth-order valence-electron chi connectivity index (χ4n) is 4.19. The zero-order valence-electron chi connectivity index (χ0n) is 18.4. The van der Waals surface area contributed by atoms with E-state index in [0.717, 1.165) is 35.5 Å². The van der Waals surface area contributed by atoms with E-state index >= 15 is 0 Å². The molecule has 5 nitrogen and oxygen atoms in total. The molecule has 3 aromatic rings. The van der Waals surface area contributed by atoms with E-state index < -0.39 is 0 Å². The standard InChI is InChI=1S/C25H28N2O3S/c1-16-7-8-17(2)20(12-16)26-24(28)15-27-10-9-18-13-21(29-3)22(30-4)14-19(18)25(27)23-6-5-11-31-23/h5-8,11-14,25H,9-10,15H2,1-4H3,(H,26,28)/t25-/m1/s1. The lowest BCUT2D eigenvalue weighted by molar-refractivity contribution is -0.117. The van der Waals surface area contributed by atoms with E-state index in [4.69, 9.17) is 9.47 Å². The fourth-order valence-corrected chi connectivity index (χ4v) is 5.07. The van der Waals surface area contributed by atoms with Crippen LogP contribution in [0.3, 0.4) is 0 Å². The van der Waals surface area contributed by atoms with Crippen LogP contribution < -0.4 is 14.8 Å². The summed E-state index contributed by atoms with van der Waals surface area (Å²) in [6, 6.07) is 14.5. The molecule has 1 N–H and O–H groups in total. The molecule has 2 heterocycles. The molecule has 0 unspecified atom stereocenters. The lowest BCUT2D eigenvalue weighted by atomic mass is 9.91. The molecule has 31 heavy (non-hydrogen) atoms. The first-order chi connectivity index (χ1) is 15.0. The number of rotatable bonds is 6. The van der Waals surface area contributed by atoms with E-state index in [1.807, 2.05) is 26.0 Å². The number of benzene rings is 2. The second-order valence-electron chi connectivity index (χ2n) is 7.91. The van der Waals surface area contributed by atoms with Gasteiger partial charge in [0.25, 0.3) is 0 Å². The molecule has 1 atom stereocenters. The van der Waals surface area contributed by atoms with E-state index in [2.05, 4.69) is 45.9 Å². The van der Waals surface area contributed by atoms with E-state index in [1.165, 1.54) is 16.0 Å². The normalized spacial score (nSPS) is 15.9. The number of thiophene rings is 1. The summed E-state index contributed by atoms with van der Waals surface area (Å²) < 4.78 is 11.1. The highest BCUT2D eigenvalue weighted by Crippen LogP contribution is 2.42. The predicted octanol–water partition coefficient (Wildman–Crippen LogP) is 4.97. The van der Waals surface area contributed by atoms with Gasteiger partial charge in [0, 0.05) is 17.1 Å². The third-order valence-corrected chi connectivity index (χ3v) is 6.72. The molecule has 4 rings (SSSR count). The summed E-state index contributed by atoms with van der Waals surface area (Å²) in [5.74, 6) is 1.45. The lowest BCUT2D eigenvalue weighted by Gasteiger charge is -2.37. The van der Waals surface area contributed by atoms with Crippen LogP contribution in [0.2, 0.25) is 0 Å². The molecular weight excluding hydrogens is 408 g/mol. The van der Waals surface area contributed by atoms with E-state index in [9.17, 15) is 4.79 Å². The van der Waals surface area contributed by atoms with Crippen molar-refractivity contribution in [2.75, 3.05) is 32.6 Å². The molecule has 2 aromatic carbocycles. The number of nitrogens with zero attached hydrogens (tertiary/aromatic N) is 1. The van der Waals surface area contributed by atoms with Crippen molar-refractivity contribution < 1.29 is 14.3 Å². The lowest BCUT2D eigenvalue weighted by Crippen LogP contribution is -2.41. The van der Waals surface area contributed by atoms with Crippen molar-refractivity contribution in [1.82, 2.24) is 4.90 Å². The van der Waals surface area contributed by atoms with E-state index in [-0.39, 0.29) is 11.9 Å². The molecule has 0 bridgehead atoms. The predicted molar refractivity (Wildman–Crippen MR) is 126 cm³/mol. The van der Waals surface area contributed by atoms with Gasteiger partial charge in [0.2, 0.25) is 5.91 Å². The Bertz CT molecular complexity index is 1080. The summed E-state index contributed by atoms with van der Waals surface area (Å²) in [5.41, 5.74) is 5.48. The summed E-state index contributed by atoms with van der Waals surface area (Å²) >= 11 is 1.71. The van der Waals surface area contributed by atoms with Gasteiger partial charge in [-0.2, -0.15) is 0 Å². The van der Waals surface area contributed by atoms with Crippen molar-refractivity contribution in [2.45, 2.75) is 26.3 Å². The van der Waals surface area contributed by atoms with Crippen molar-refractivity contribution in [2.24, 2.45) is 0 Å². The average Bonchev–Trinajstić information content (AvgIpc) is 3.29. The average molecular weight is 437 g/mol. The Morgan fingerprint density at radius 2 is 1.90 bits per heavy atom. The Hall–Kier alpha value is -2.83. The monoisotopic (exact) mass is 436 g/mol. The van der Waals surface area contributed by atoms with E-state index in [0.29, 0.717) is 12.3 Å². The largest absolute Gasteiger partial charge is 0.493 e. The van der Waals surface area contributed by atoms with Crippen LogP contribution in [0.25, 0.3) is 0 Å². The number of fused-ring (bicyclic) bond motifs is 1. The third kappa shape index (κ3) is 4.45. The molecule has 1 aliphatic heterocycles. The Balaban J connectivity index is 1.63. The molecule has 0 aliphatic carbocycles. The second-order valence-corrected chi connectivity index (χ2v) is 8.89. The number of ether oxygens (including phenoxy) is 2. The third-order valence-electron chi connectivity index (χ3n) is 5.80. The van der Waals surface area contributed by atoms with Gasteiger partial charge in [0.05, 0.1) is 26.8 Å². The van der Waals surface area contributed by atoms with Gasteiger partial charge in [-0.25, -0.2) is 0 Å². The van der Waals surface area contributed by atoms with Gasteiger partial charge < -0.3 is 14.8 Å². The molecule has 162 valence electrons. The quantitative estimate of drug-likeness (QED) is 0.593. The van der Waals surface area contributed by atoms with Crippen LogP contribution >= 0.6 is 11.3 Å². The van der Waals surface area contributed by atoms with Gasteiger partial charge in [-0.15, -0.1) is 11.3 Å². The summed E-state index contributed by atoms with van der Waals surface area (Å²) in [7, 11) is 3.32. The van der Waals surface area contributed by atoms with Crippen LogP contribution in [-0.4, -0.2) is 38.1 Å². The first-order valence-corrected chi connectivity index (χ1v) is 11.3. The number of anilines is 1. The maximum Gasteiger partial charge on any atom is 0.238 e. The minimum atomic E-state index is -0.000757. The molecule has 0 saturated heterocycles. The Morgan fingerprint density at radius 3 is 2.61 bits per heavy atom. The zero-order chi connectivity index (χ0) is 22.0. The van der Waals surface area contributed by atoms with Crippen molar-refractivity contribution in [1.29, 1.82) is 0 Å². The van der Waals surface area contributed by atoms with Gasteiger partial charge in [-0.3, -0.25) is 9.69 Å². The fraction of sp³-hybridized carbons (Fsp3) is 0.320. The summed E-state index contributed by atoms with van der Waals surface area (Å²) in [4.78, 5) is 16.5.